The van der Waals surface area contributed by atoms with Gasteiger partial charge in [-0.3, -0.25) is 4.90 Å². The van der Waals surface area contributed by atoms with Gasteiger partial charge in [0.25, 0.3) is 0 Å². The molecule has 1 aliphatic heterocycles. The minimum absolute atomic E-state index is 0.0797. The molecule has 0 unspecified atom stereocenters. The maximum absolute atomic E-state index is 12.4. The lowest BCUT2D eigenvalue weighted by Gasteiger charge is -2.39. The third-order valence-corrected chi connectivity index (χ3v) is 5.51. The number of benzene rings is 1. The maximum atomic E-state index is 12.4. The number of hydrogen-bond donors (Lipinski definition) is 1. The molecule has 1 heterocycles. The van der Waals surface area contributed by atoms with E-state index in [0.717, 1.165) is 37.8 Å². The number of urea groups is 1. The Hall–Kier alpha value is -1.55. The van der Waals surface area contributed by atoms with E-state index in [4.69, 9.17) is 0 Å². The number of carbonyl (C=O) groups excluding carboxylic acids is 1. The highest BCUT2D eigenvalue weighted by Gasteiger charge is 2.26. The van der Waals surface area contributed by atoms with Gasteiger partial charge >= 0.3 is 6.03 Å². The van der Waals surface area contributed by atoms with Crippen molar-refractivity contribution in [2.75, 3.05) is 26.2 Å². The molecule has 0 radical (unpaired) electrons. The third kappa shape index (κ3) is 4.73. The summed E-state index contributed by atoms with van der Waals surface area (Å²) < 4.78 is 0. The molecule has 2 fully saturated rings. The molecule has 132 valence electrons. The predicted octanol–water partition coefficient (Wildman–Crippen LogP) is 3.55. The van der Waals surface area contributed by atoms with Crippen LogP contribution in [0.5, 0.6) is 0 Å². The van der Waals surface area contributed by atoms with E-state index in [1.165, 1.54) is 44.1 Å². The van der Waals surface area contributed by atoms with Gasteiger partial charge in [0, 0.05) is 38.8 Å². The number of nitrogens with zero attached hydrogens (tertiary/aromatic N) is 2. The molecule has 24 heavy (non-hydrogen) atoms. The summed E-state index contributed by atoms with van der Waals surface area (Å²) in [7, 11) is 0. The Bertz CT molecular complexity index is 512. The Balaban J connectivity index is 1.42. The van der Waals surface area contributed by atoms with Crippen molar-refractivity contribution in [3.63, 3.8) is 0 Å². The van der Waals surface area contributed by atoms with Crippen LogP contribution in [0.15, 0.2) is 24.3 Å². The van der Waals surface area contributed by atoms with E-state index < -0.39 is 0 Å². The van der Waals surface area contributed by atoms with Crippen LogP contribution >= 0.6 is 0 Å². The summed E-state index contributed by atoms with van der Waals surface area (Å²) in [6, 6.07) is 9.18. The highest BCUT2D eigenvalue weighted by atomic mass is 16.2. The molecule has 0 aromatic heterocycles. The lowest BCUT2D eigenvalue weighted by molar-refractivity contribution is 0.101. The molecule has 2 aliphatic rings. The highest BCUT2D eigenvalue weighted by molar-refractivity contribution is 5.74. The smallest absolute Gasteiger partial charge is 0.317 e. The molecular weight excluding hydrogens is 298 g/mol. The first-order valence-corrected chi connectivity index (χ1v) is 9.55. The van der Waals surface area contributed by atoms with Crippen molar-refractivity contribution in [3.05, 3.63) is 35.4 Å². The van der Waals surface area contributed by atoms with Gasteiger partial charge in [0.05, 0.1) is 0 Å². The normalized spacial score (nSPS) is 20.6. The van der Waals surface area contributed by atoms with E-state index in [9.17, 15) is 4.79 Å². The van der Waals surface area contributed by atoms with Crippen molar-refractivity contribution in [1.82, 2.24) is 15.1 Å². The van der Waals surface area contributed by atoms with E-state index in [2.05, 4.69) is 41.4 Å². The summed E-state index contributed by atoms with van der Waals surface area (Å²) in [4.78, 5) is 17.0. The summed E-state index contributed by atoms with van der Waals surface area (Å²) in [5, 5.41) is 3.06. The average molecular weight is 329 g/mol. The van der Waals surface area contributed by atoms with Crippen LogP contribution in [0, 0.1) is 6.92 Å². The SMILES string of the molecule is Cc1ccc(CNC(=O)N2CCN(C3CCCCCC3)CC2)cc1. The van der Waals surface area contributed by atoms with E-state index >= 15 is 0 Å². The molecule has 0 spiro atoms. The molecule has 0 bridgehead atoms. The molecule has 1 aromatic rings. The lowest BCUT2D eigenvalue weighted by atomic mass is 10.1. The van der Waals surface area contributed by atoms with Crippen molar-refractivity contribution in [3.8, 4) is 0 Å². The third-order valence-electron chi connectivity index (χ3n) is 5.51. The number of nitrogens with one attached hydrogen (secondary N) is 1. The van der Waals surface area contributed by atoms with Crippen LogP contribution in [-0.2, 0) is 6.54 Å². The average Bonchev–Trinajstić information content (AvgIpc) is 2.90. The molecule has 2 amide bonds. The van der Waals surface area contributed by atoms with E-state index in [0.29, 0.717) is 6.54 Å². The second-order valence-corrected chi connectivity index (χ2v) is 7.31. The molecule has 1 saturated heterocycles. The van der Waals surface area contributed by atoms with Crippen molar-refractivity contribution < 1.29 is 4.79 Å². The zero-order chi connectivity index (χ0) is 16.8. The van der Waals surface area contributed by atoms with E-state index in [-0.39, 0.29) is 6.03 Å². The standard InChI is InChI=1S/C20H31N3O/c1-17-8-10-18(11-9-17)16-21-20(24)23-14-12-22(13-15-23)19-6-4-2-3-5-7-19/h8-11,19H,2-7,12-16H2,1H3,(H,21,24). The summed E-state index contributed by atoms with van der Waals surface area (Å²) >= 11 is 0. The Morgan fingerprint density at radius 2 is 1.62 bits per heavy atom. The molecule has 4 heteroatoms. The molecular formula is C20H31N3O. The molecule has 4 nitrogen and oxygen atoms in total. The van der Waals surface area contributed by atoms with Crippen LogP contribution < -0.4 is 5.32 Å². The zero-order valence-electron chi connectivity index (χ0n) is 15.0. The Kier molecular flexibility index (Phi) is 6.13. The van der Waals surface area contributed by atoms with Crippen LogP contribution in [0.1, 0.15) is 49.7 Å². The Labute approximate surface area is 146 Å². The van der Waals surface area contributed by atoms with Gasteiger partial charge in [-0.05, 0) is 25.3 Å². The summed E-state index contributed by atoms with van der Waals surface area (Å²) in [6.45, 7) is 6.47. The number of piperazine rings is 1. The molecule has 1 saturated carbocycles. The molecule has 1 aromatic carbocycles. The summed E-state index contributed by atoms with van der Waals surface area (Å²) in [6.07, 6.45) is 8.25. The van der Waals surface area contributed by atoms with Crippen molar-refractivity contribution in [1.29, 1.82) is 0 Å². The van der Waals surface area contributed by atoms with E-state index in [1.54, 1.807) is 0 Å². The van der Waals surface area contributed by atoms with Gasteiger partial charge in [0.15, 0.2) is 0 Å². The van der Waals surface area contributed by atoms with Gasteiger partial charge in [-0.15, -0.1) is 0 Å². The minimum Gasteiger partial charge on any atom is -0.334 e. The molecule has 1 N–H and O–H groups in total. The number of carbonyl (C=O) groups is 1. The Morgan fingerprint density at radius 1 is 1.00 bits per heavy atom. The van der Waals surface area contributed by atoms with Gasteiger partial charge < -0.3 is 10.2 Å². The van der Waals surface area contributed by atoms with Gasteiger partial charge in [-0.2, -0.15) is 0 Å². The van der Waals surface area contributed by atoms with Crippen LogP contribution in [-0.4, -0.2) is 48.1 Å². The summed E-state index contributed by atoms with van der Waals surface area (Å²) in [5.41, 5.74) is 2.41. The first-order chi connectivity index (χ1) is 11.7. The number of rotatable bonds is 3. The van der Waals surface area contributed by atoms with Gasteiger partial charge in [-0.25, -0.2) is 4.79 Å². The van der Waals surface area contributed by atoms with E-state index in [1.807, 2.05) is 4.90 Å². The van der Waals surface area contributed by atoms with Crippen LogP contribution in [0.4, 0.5) is 4.79 Å². The number of amides is 2. The number of aryl methyl sites for hydroxylation is 1. The van der Waals surface area contributed by atoms with Crippen molar-refractivity contribution >= 4 is 6.03 Å². The van der Waals surface area contributed by atoms with Gasteiger partial charge in [0.2, 0.25) is 0 Å². The fourth-order valence-electron chi connectivity index (χ4n) is 3.91. The van der Waals surface area contributed by atoms with Crippen LogP contribution in [0.2, 0.25) is 0 Å². The number of hydrogen-bond acceptors (Lipinski definition) is 2. The zero-order valence-corrected chi connectivity index (χ0v) is 15.0. The van der Waals surface area contributed by atoms with Crippen LogP contribution in [0.3, 0.4) is 0 Å². The largest absolute Gasteiger partial charge is 0.334 e. The second-order valence-electron chi connectivity index (χ2n) is 7.31. The molecule has 0 atom stereocenters. The van der Waals surface area contributed by atoms with Crippen LogP contribution in [0.25, 0.3) is 0 Å². The second kappa shape index (κ2) is 8.52. The first kappa shape index (κ1) is 17.3. The predicted molar refractivity (Wildman–Crippen MR) is 98.1 cm³/mol. The summed E-state index contributed by atoms with van der Waals surface area (Å²) in [5.74, 6) is 0. The van der Waals surface area contributed by atoms with Crippen molar-refractivity contribution in [2.24, 2.45) is 0 Å². The Morgan fingerprint density at radius 3 is 2.25 bits per heavy atom. The maximum Gasteiger partial charge on any atom is 0.317 e. The fraction of sp³-hybridized carbons (Fsp3) is 0.650. The van der Waals surface area contributed by atoms with Crippen molar-refractivity contribution in [2.45, 2.75) is 58.0 Å². The first-order valence-electron chi connectivity index (χ1n) is 9.55. The molecule has 1 aliphatic carbocycles. The highest BCUT2D eigenvalue weighted by Crippen LogP contribution is 2.22. The topological polar surface area (TPSA) is 35.6 Å². The fourth-order valence-corrected chi connectivity index (χ4v) is 3.91. The lowest BCUT2D eigenvalue weighted by Crippen LogP contribution is -2.54. The van der Waals surface area contributed by atoms with Gasteiger partial charge in [0.1, 0.15) is 0 Å². The minimum atomic E-state index is 0.0797. The monoisotopic (exact) mass is 329 g/mol. The molecule has 3 rings (SSSR count). The quantitative estimate of drug-likeness (QED) is 0.861. The van der Waals surface area contributed by atoms with Gasteiger partial charge in [-0.1, -0.05) is 55.5 Å².